The van der Waals surface area contributed by atoms with E-state index in [4.69, 9.17) is 5.11 Å². The van der Waals surface area contributed by atoms with E-state index in [0.29, 0.717) is 5.69 Å². The van der Waals surface area contributed by atoms with Gasteiger partial charge < -0.3 is 5.11 Å². The number of carbonyl (C=O) groups is 1. The second-order valence-electron chi connectivity index (χ2n) is 3.30. The average Bonchev–Trinajstić information content (AvgIpc) is 2.18. The number of rotatable bonds is 4. The third kappa shape index (κ3) is 3.27. The maximum atomic E-state index is 12.3. The number of carboxylic acids is 1. The third-order valence-electron chi connectivity index (χ3n) is 1.99. The molecule has 82 valence electrons. The molecule has 0 fully saturated rings. The molecule has 1 aromatic rings. The number of nitrogens with zero attached hydrogens (tertiary/aromatic N) is 1. The van der Waals surface area contributed by atoms with Gasteiger partial charge in [0, 0.05) is 12.1 Å². The molecule has 1 N–H and O–H groups in total. The molecular formula is C10H11F2NO2. The number of carboxylic acid groups (broad SMARTS) is 1. The molecule has 1 aromatic heterocycles. The number of hydrogen-bond donors (Lipinski definition) is 1. The highest BCUT2D eigenvalue weighted by atomic mass is 19.3. The predicted octanol–water partition coefficient (Wildman–Crippen LogP) is 2.28. The van der Waals surface area contributed by atoms with Crippen LogP contribution < -0.4 is 0 Å². The first-order chi connectivity index (χ1) is 7.00. The summed E-state index contributed by atoms with van der Waals surface area (Å²) in [5.74, 6) is -1.58. The van der Waals surface area contributed by atoms with Crippen LogP contribution >= 0.6 is 0 Å². The minimum absolute atomic E-state index is 0.163. The molecule has 0 aliphatic rings. The van der Waals surface area contributed by atoms with Crippen molar-refractivity contribution in [1.29, 1.82) is 0 Å². The normalized spacial score (nSPS) is 12.8. The zero-order valence-electron chi connectivity index (χ0n) is 8.15. The Morgan fingerprint density at radius 3 is 2.73 bits per heavy atom. The molecule has 1 unspecified atom stereocenters. The Hall–Kier alpha value is -1.52. The molecule has 1 atom stereocenters. The van der Waals surface area contributed by atoms with Gasteiger partial charge in [0.05, 0.1) is 5.92 Å². The van der Waals surface area contributed by atoms with Gasteiger partial charge in [0.25, 0.3) is 6.43 Å². The maximum absolute atomic E-state index is 12.3. The number of aromatic nitrogens is 1. The molecule has 0 aromatic carbocycles. The van der Waals surface area contributed by atoms with Crippen LogP contribution in [0.2, 0.25) is 0 Å². The highest BCUT2D eigenvalue weighted by Crippen LogP contribution is 2.17. The summed E-state index contributed by atoms with van der Waals surface area (Å²) in [6.45, 7) is 1.51. The van der Waals surface area contributed by atoms with Crippen molar-refractivity contribution in [2.75, 3.05) is 0 Å². The van der Waals surface area contributed by atoms with Gasteiger partial charge in [0.1, 0.15) is 5.69 Å². The van der Waals surface area contributed by atoms with Crippen molar-refractivity contribution >= 4 is 5.97 Å². The molecule has 0 aliphatic carbocycles. The summed E-state index contributed by atoms with van der Waals surface area (Å²) in [4.78, 5) is 14.2. The molecule has 15 heavy (non-hydrogen) atoms. The van der Waals surface area contributed by atoms with Crippen LogP contribution in [-0.4, -0.2) is 16.1 Å². The van der Waals surface area contributed by atoms with E-state index >= 15 is 0 Å². The maximum Gasteiger partial charge on any atom is 0.306 e. The molecule has 5 heteroatoms. The lowest BCUT2D eigenvalue weighted by Gasteiger charge is -2.06. The van der Waals surface area contributed by atoms with Crippen molar-refractivity contribution < 1.29 is 18.7 Å². The Bertz CT molecular complexity index is 355. The van der Waals surface area contributed by atoms with Crippen molar-refractivity contribution in [3.05, 3.63) is 29.6 Å². The molecule has 1 rings (SSSR count). The van der Waals surface area contributed by atoms with E-state index in [0.717, 1.165) is 0 Å². The van der Waals surface area contributed by atoms with Crippen LogP contribution in [0.3, 0.4) is 0 Å². The van der Waals surface area contributed by atoms with Crippen LogP contribution in [0.25, 0.3) is 0 Å². The van der Waals surface area contributed by atoms with Crippen LogP contribution in [0, 0.1) is 5.92 Å². The molecular weight excluding hydrogens is 204 g/mol. The molecule has 3 nitrogen and oxygen atoms in total. The van der Waals surface area contributed by atoms with Crippen LogP contribution in [0.15, 0.2) is 18.2 Å². The van der Waals surface area contributed by atoms with Gasteiger partial charge >= 0.3 is 5.97 Å². The quantitative estimate of drug-likeness (QED) is 0.838. The second-order valence-corrected chi connectivity index (χ2v) is 3.30. The van der Waals surface area contributed by atoms with Gasteiger partial charge in [-0.25, -0.2) is 8.78 Å². The molecule has 0 amide bonds. The Morgan fingerprint density at radius 1 is 1.53 bits per heavy atom. The SMILES string of the molecule is CC(Cc1cccc(C(F)F)n1)C(=O)O. The second kappa shape index (κ2) is 4.82. The van der Waals surface area contributed by atoms with Gasteiger partial charge in [-0.1, -0.05) is 13.0 Å². The first-order valence-electron chi connectivity index (χ1n) is 4.47. The van der Waals surface area contributed by atoms with E-state index in [1.54, 1.807) is 6.07 Å². The van der Waals surface area contributed by atoms with E-state index in [1.807, 2.05) is 0 Å². The Labute approximate surface area is 85.8 Å². The lowest BCUT2D eigenvalue weighted by Crippen LogP contribution is -2.13. The topological polar surface area (TPSA) is 50.2 Å². The Kier molecular flexibility index (Phi) is 3.71. The minimum atomic E-state index is -2.62. The van der Waals surface area contributed by atoms with E-state index < -0.39 is 18.3 Å². The highest BCUT2D eigenvalue weighted by molar-refractivity contribution is 5.69. The van der Waals surface area contributed by atoms with Crippen LogP contribution in [0.4, 0.5) is 8.78 Å². The Balaban J connectivity index is 2.78. The monoisotopic (exact) mass is 215 g/mol. The van der Waals surface area contributed by atoms with E-state index in [-0.39, 0.29) is 12.1 Å². The number of alkyl halides is 2. The van der Waals surface area contributed by atoms with Gasteiger partial charge in [-0.3, -0.25) is 9.78 Å². The highest BCUT2D eigenvalue weighted by Gasteiger charge is 2.14. The third-order valence-corrected chi connectivity index (χ3v) is 1.99. The van der Waals surface area contributed by atoms with Crippen LogP contribution in [-0.2, 0) is 11.2 Å². The molecule has 1 heterocycles. The smallest absolute Gasteiger partial charge is 0.306 e. The molecule has 0 saturated heterocycles. The Morgan fingerprint density at radius 2 is 2.20 bits per heavy atom. The molecule has 0 bridgehead atoms. The molecule has 0 radical (unpaired) electrons. The fraction of sp³-hybridized carbons (Fsp3) is 0.400. The van der Waals surface area contributed by atoms with Gasteiger partial charge in [-0.2, -0.15) is 0 Å². The number of pyridine rings is 1. The van der Waals surface area contributed by atoms with Gasteiger partial charge in [-0.05, 0) is 12.1 Å². The summed E-state index contributed by atoms with van der Waals surface area (Å²) in [5, 5.41) is 8.65. The van der Waals surface area contributed by atoms with Gasteiger partial charge in [0.15, 0.2) is 0 Å². The summed E-state index contributed by atoms with van der Waals surface area (Å²) in [7, 11) is 0. The summed E-state index contributed by atoms with van der Waals surface area (Å²) in [6, 6.07) is 4.23. The number of halogens is 2. The fourth-order valence-corrected chi connectivity index (χ4v) is 1.13. The van der Waals surface area contributed by atoms with Crippen LogP contribution in [0.1, 0.15) is 24.7 Å². The number of aliphatic carboxylic acids is 1. The van der Waals surface area contributed by atoms with Crippen molar-refractivity contribution in [1.82, 2.24) is 4.98 Å². The molecule has 0 saturated carbocycles. The van der Waals surface area contributed by atoms with E-state index in [2.05, 4.69) is 4.98 Å². The van der Waals surface area contributed by atoms with E-state index in [1.165, 1.54) is 19.1 Å². The van der Waals surface area contributed by atoms with Crippen molar-refractivity contribution in [2.24, 2.45) is 5.92 Å². The molecule has 0 spiro atoms. The van der Waals surface area contributed by atoms with Gasteiger partial charge in [-0.15, -0.1) is 0 Å². The average molecular weight is 215 g/mol. The first kappa shape index (κ1) is 11.6. The fourth-order valence-electron chi connectivity index (χ4n) is 1.13. The summed E-state index contributed by atoms with van der Waals surface area (Å²) in [6.07, 6.45) is -2.46. The standard InChI is InChI=1S/C10H11F2NO2/c1-6(10(14)15)5-7-3-2-4-8(13-7)9(11)12/h2-4,6,9H,5H2,1H3,(H,14,15). The van der Waals surface area contributed by atoms with Crippen molar-refractivity contribution in [3.8, 4) is 0 Å². The van der Waals surface area contributed by atoms with Crippen LogP contribution in [0.5, 0.6) is 0 Å². The van der Waals surface area contributed by atoms with Crippen molar-refractivity contribution in [3.63, 3.8) is 0 Å². The minimum Gasteiger partial charge on any atom is -0.481 e. The lowest BCUT2D eigenvalue weighted by atomic mass is 10.1. The summed E-state index contributed by atoms with van der Waals surface area (Å²) < 4.78 is 24.5. The van der Waals surface area contributed by atoms with Crippen molar-refractivity contribution in [2.45, 2.75) is 19.8 Å². The largest absolute Gasteiger partial charge is 0.481 e. The zero-order valence-corrected chi connectivity index (χ0v) is 8.15. The predicted molar refractivity (Wildman–Crippen MR) is 49.7 cm³/mol. The lowest BCUT2D eigenvalue weighted by molar-refractivity contribution is -0.141. The van der Waals surface area contributed by atoms with Gasteiger partial charge in [0.2, 0.25) is 0 Å². The summed E-state index contributed by atoms with van der Waals surface area (Å²) in [5.41, 5.74) is 0.0628. The summed E-state index contributed by atoms with van der Waals surface area (Å²) >= 11 is 0. The zero-order chi connectivity index (χ0) is 11.4. The number of hydrogen-bond acceptors (Lipinski definition) is 2. The van der Waals surface area contributed by atoms with E-state index in [9.17, 15) is 13.6 Å². The molecule has 0 aliphatic heterocycles. The first-order valence-corrected chi connectivity index (χ1v) is 4.47.